The van der Waals surface area contributed by atoms with Gasteiger partial charge in [-0.15, -0.1) is 0 Å². The van der Waals surface area contributed by atoms with Crippen molar-refractivity contribution in [3.8, 4) is 5.75 Å². The van der Waals surface area contributed by atoms with Crippen LogP contribution >= 0.6 is 11.8 Å². The highest BCUT2D eigenvalue weighted by Gasteiger charge is 2.49. The maximum atomic E-state index is 12.6. The zero-order valence-electron chi connectivity index (χ0n) is 15.3. The van der Waals surface area contributed by atoms with Crippen LogP contribution in [0.15, 0.2) is 59.6 Å². The lowest BCUT2D eigenvalue weighted by Crippen LogP contribution is -2.37. The van der Waals surface area contributed by atoms with Gasteiger partial charge in [-0.2, -0.15) is 4.99 Å². The minimum atomic E-state index is -3.07. The average molecular weight is 417 g/mol. The van der Waals surface area contributed by atoms with Gasteiger partial charge < -0.3 is 9.64 Å². The third-order valence-electron chi connectivity index (χ3n) is 4.84. The molecule has 0 N–H and O–H groups in total. The highest BCUT2D eigenvalue weighted by Crippen LogP contribution is 2.40. The number of benzene rings is 2. The van der Waals surface area contributed by atoms with Gasteiger partial charge in [0.15, 0.2) is 15.0 Å². The molecule has 2 heterocycles. The van der Waals surface area contributed by atoms with Crippen LogP contribution in [0.2, 0.25) is 0 Å². The summed E-state index contributed by atoms with van der Waals surface area (Å²) in [6, 6.07) is 16.6. The number of rotatable bonds is 4. The summed E-state index contributed by atoms with van der Waals surface area (Å²) in [5.74, 6) is 0.692. The number of hydrogen-bond donors (Lipinski definition) is 0. The Balaban J connectivity index is 1.58. The van der Waals surface area contributed by atoms with E-state index in [0.29, 0.717) is 5.17 Å². The number of ether oxygens (including phenoxy) is 1. The van der Waals surface area contributed by atoms with Gasteiger partial charge >= 0.3 is 0 Å². The molecule has 1 amide bonds. The van der Waals surface area contributed by atoms with E-state index < -0.39 is 9.84 Å². The van der Waals surface area contributed by atoms with E-state index in [2.05, 4.69) is 4.99 Å². The molecule has 0 aliphatic carbocycles. The number of methoxy groups -OCH3 is 1. The van der Waals surface area contributed by atoms with Crippen molar-refractivity contribution >= 4 is 38.4 Å². The number of nitrogens with zero attached hydrogens (tertiary/aromatic N) is 2. The second-order valence-electron chi connectivity index (χ2n) is 6.82. The fourth-order valence-electron chi connectivity index (χ4n) is 3.52. The van der Waals surface area contributed by atoms with Crippen molar-refractivity contribution in [2.75, 3.05) is 23.5 Å². The Morgan fingerprint density at radius 3 is 2.54 bits per heavy atom. The molecule has 2 aliphatic rings. The van der Waals surface area contributed by atoms with Crippen molar-refractivity contribution < 1.29 is 17.9 Å². The molecule has 2 aromatic rings. The number of fused-ring (bicyclic) bond motifs is 1. The Labute approximate surface area is 168 Å². The van der Waals surface area contributed by atoms with Gasteiger partial charge in [0.2, 0.25) is 0 Å². The molecule has 2 atom stereocenters. The van der Waals surface area contributed by atoms with E-state index in [9.17, 15) is 13.2 Å². The first kappa shape index (κ1) is 19.0. The summed E-state index contributed by atoms with van der Waals surface area (Å²) in [5.41, 5.74) is 1.71. The number of aliphatic imine (C=N–C) groups is 1. The Hall–Kier alpha value is -2.32. The lowest BCUT2D eigenvalue weighted by atomic mass is 10.1. The molecular formula is C20H20N2O4S2. The molecule has 6 nitrogen and oxygen atoms in total. The number of carbonyl (C=O) groups excluding carboxylic acids is 1. The quantitative estimate of drug-likeness (QED) is 0.762. The number of amidine groups is 1. The van der Waals surface area contributed by atoms with Crippen LogP contribution < -0.4 is 9.64 Å². The SMILES string of the molecule is COc1ccc(CC(=O)N=C2S[C@H]3CS(=O)(=O)C[C@@H]3N2c2ccccc2)cc1. The number of sulfone groups is 1. The van der Waals surface area contributed by atoms with E-state index >= 15 is 0 Å². The molecule has 4 rings (SSSR count). The summed E-state index contributed by atoms with van der Waals surface area (Å²) in [6.07, 6.45) is 0.185. The first-order chi connectivity index (χ1) is 13.4. The Kier molecular flexibility index (Phi) is 5.16. The van der Waals surface area contributed by atoms with Crippen molar-refractivity contribution in [2.45, 2.75) is 17.7 Å². The summed E-state index contributed by atoms with van der Waals surface area (Å²) in [7, 11) is -1.47. The van der Waals surface area contributed by atoms with Gasteiger partial charge in [-0.25, -0.2) is 8.42 Å². The maximum Gasteiger partial charge on any atom is 0.252 e. The summed E-state index contributed by atoms with van der Waals surface area (Å²) >= 11 is 1.39. The number of amides is 1. The van der Waals surface area contributed by atoms with E-state index in [1.54, 1.807) is 7.11 Å². The van der Waals surface area contributed by atoms with Crippen molar-refractivity contribution in [1.29, 1.82) is 0 Å². The molecule has 2 aliphatic heterocycles. The number of para-hydroxylation sites is 1. The normalized spacial score (nSPS) is 24.3. The molecule has 0 spiro atoms. The molecule has 0 saturated carbocycles. The monoisotopic (exact) mass is 416 g/mol. The first-order valence-corrected chi connectivity index (χ1v) is 11.6. The predicted octanol–water partition coefficient (Wildman–Crippen LogP) is 2.54. The molecule has 2 aromatic carbocycles. The molecule has 0 unspecified atom stereocenters. The van der Waals surface area contributed by atoms with Gasteiger partial charge in [0.1, 0.15) is 5.75 Å². The van der Waals surface area contributed by atoms with Crippen LogP contribution in [-0.4, -0.2) is 49.4 Å². The summed E-state index contributed by atoms with van der Waals surface area (Å²) in [5, 5.41) is 0.479. The summed E-state index contributed by atoms with van der Waals surface area (Å²) in [6.45, 7) is 0. The Morgan fingerprint density at radius 2 is 1.86 bits per heavy atom. The van der Waals surface area contributed by atoms with Gasteiger partial charge in [-0.1, -0.05) is 42.1 Å². The molecule has 8 heteroatoms. The van der Waals surface area contributed by atoms with E-state index in [1.165, 1.54) is 11.8 Å². The molecular weight excluding hydrogens is 396 g/mol. The van der Waals surface area contributed by atoms with Gasteiger partial charge in [0.25, 0.3) is 5.91 Å². The van der Waals surface area contributed by atoms with Crippen LogP contribution in [-0.2, 0) is 21.1 Å². The van der Waals surface area contributed by atoms with Crippen LogP contribution in [0.3, 0.4) is 0 Å². The minimum absolute atomic E-state index is 0.0885. The lowest BCUT2D eigenvalue weighted by molar-refractivity contribution is -0.117. The van der Waals surface area contributed by atoms with E-state index in [-0.39, 0.29) is 35.1 Å². The average Bonchev–Trinajstić information content (AvgIpc) is 3.13. The predicted molar refractivity (Wildman–Crippen MR) is 112 cm³/mol. The van der Waals surface area contributed by atoms with Crippen LogP contribution in [0.1, 0.15) is 5.56 Å². The molecule has 0 radical (unpaired) electrons. The van der Waals surface area contributed by atoms with Crippen LogP contribution in [0, 0.1) is 0 Å². The smallest absolute Gasteiger partial charge is 0.252 e. The third-order valence-corrected chi connectivity index (χ3v) is 8.05. The van der Waals surface area contributed by atoms with Crippen molar-refractivity contribution in [3.05, 3.63) is 60.2 Å². The second kappa shape index (κ2) is 7.60. The number of anilines is 1. The van der Waals surface area contributed by atoms with Gasteiger partial charge in [-0.3, -0.25) is 4.79 Å². The first-order valence-electron chi connectivity index (χ1n) is 8.91. The van der Waals surface area contributed by atoms with Crippen LogP contribution in [0.25, 0.3) is 0 Å². The molecule has 2 saturated heterocycles. The highest BCUT2D eigenvalue weighted by atomic mass is 32.2. The topological polar surface area (TPSA) is 76.0 Å². The van der Waals surface area contributed by atoms with Crippen LogP contribution in [0.5, 0.6) is 5.75 Å². The minimum Gasteiger partial charge on any atom is -0.497 e. The molecule has 0 aromatic heterocycles. The van der Waals surface area contributed by atoms with Crippen molar-refractivity contribution in [2.24, 2.45) is 4.99 Å². The number of thioether (sulfide) groups is 1. The van der Waals surface area contributed by atoms with Crippen molar-refractivity contribution in [1.82, 2.24) is 0 Å². The molecule has 146 valence electrons. The molecule has 28 heavy (non-hydrogen) atoms. The van der Waals surface area contributed by atoms with E-state index in [4.69, 9.17) is 4.74 Å². The largest absolute Gasteiger partial charge is 0.497 e. The molecule has 0 bridgehead atoms. The fourth-order valence-corrected chi connectivity index (χ4v) is 7.45. The summed E-state index contributed by atoms with van der Waals surface area (Å²) in [4.78, 5) is 18.8. The Morgan fingerprint density at radius 1 is 1.14 bits per heavy atom. The standard InChI is InChI=1S/C20H20N2O4S2/c1-26-16-9-7-14(8-10-16)11-19(23)21-20-22(15-5-3-2-4-6-15)17-12-28(24,25)13-18(17)27-20/h2-10,17-18H,11-13H2,1H3/t17-,18-/m0/s1. The zero-order chi connectivity index (χ0) is 19.7. The Bertz CT molecular complexity index is 1000. The molecule has 2 fully saturated rings. The number of hydrogen-bond acceptors (Lipinski definition) is 5. The van der Waals surface area contributed by atoms with Gasteiger partial charge in [0.05, 0.1) is 31.1 Å². The van der Waals surface area contributed by atoms with Gasteiger partial charge in [0, 0.05) is 10.9 Å². The fraction of sp³-hybridized carbons (Fsp3) is 0.300. The highest BCUT2D eigenvalue weighted by molar-refractivity contribution is 8.16. The van der Waals surface area contributed by atoms with Crippen molar-refractivity contribution in [3.63, 3.8) is 0 Å². The van der Waals surface area contributed by atoms with E-state index in [1.807, 2.05) is 59.5 Å². The zero-order valence-corrected chi connectivity index (χ0v) is 16.9. The van der Waals surface area contributed by atoms with Gasteiger partial charge in [-0.05, 0) is 29.8 Å². The van der Waals surface area contributed by atoms with E-state index in [0.717, 1.165) is 17.0 Å². The van der Waals surface area contributed by atoms with Crippen LogP contribution in [0.4, 0.5) is 5.69 Å². The second-order valence-corrected chi connectivity index (χ2v) is 10.2. The summed E-state index contributed by atoms with van der Waals surface area (Å²) < 4.78 is 29.3. The number of carbonyl (C=O) groups is 1. The lowest BCUT2D eigenvalue weighted by Gasteiger charge is -2.24. The third kappa shape index (κ3) is 3.93. The maximum absolute atomic E-state index is 12.6.